The van der Waals surface area contributed by atoms with Crippen LogP contribution in [-0.4, -0.2) is 18.9 Å². The molecule has 104 valence electrons. The van der Waals surface area contributed by atoms with Crippen molar-refractivity contribution >= 4 is 12.3 Å². The molecule has 0 bridgehead atoms. The first-order valence-corrected chi connectivity index (χ1v) is 5.71. The summed E-state index contributed by atoms with van der Waals surface area (Å²) in [5.41, 5.74) is -1.37. The molecule has 0 spiro atoms. The molecule has 6 heteroatoms. The number of carbonyl (C=O) groups is 2. The van der Waals surface area contributed by atoms with E-state index in [-0.39, 0.29) is 25.0 Å². The average Bonchev–Trinajstić information content (AvgIpc) is 2.35. The van der Waals surface area contributed by atoms with Gasteiger partial charge in [0.15, 0.2) is 0 Å². The van der Waals surface area contributed by atoms with Crippen LogP contribution >= 0.6 is 0 Å². The summed E-state index contributed by atoms with van der Waals surface area (Å²) in [6, 6.07) is 3.44. The maximum atomic E-state index is 12.9. The van der Waals surface area contributed by atoms with Crippen LogP contribution in [0.1, 0.15) is 34.8 Å². The van der Waals surface area contributed by atoms with Crippen LogP contribution < -0.4 is 0 Å². The van der Waals surface area contributed by atoms with Gasteiger partial charge in [0, 0.05) is 6.42 Å². The molecule has 0 aliphatic carbocycles. The molecule has 0 atom stereocenters. The molecule has 0 aromatic heterocycles. The van der Waals surface area contributed by atoms with Crippen molar-refractivity contribution in [3.63, 3.8) is 0 Å². The van der Waals surface area contributed by atoms with E-state index in [2.05, 4.69) is 4.74 Å². The molecule has 0 N–H and O–H groups in total. The number of halogens is 3. The molecule has 0 aliphatic heterocycles. The fourth-order valence-corrected chi connectivity index (χ4v) is 1.70. The minimum atomic E-state index is -4.64. The van der Waals surface area contributed by atoms with Crippen LogP contribution in [0.25, 0.3) is 0 Å². The molecule has 0 radical (unpaired) electrons. The van der Waals surface area contributed by atoms with E-state index in [0.717, 1.165) is 6.07 Å². The van der Waals surface area contributed by atoms with E-state index >= 15 is 0 Å². The van der Waals surface area contributed by atoms with E-state index in [1.807, 2.05) is 0 Å². The topological polar surface area (TPSA) is 43.4 Å². The van der Waals surface area contributed by atoms with Crippen molar-refractivity contribution in [3.8, 4) is 0 Å². The van der Waals surface area contributed by atoms with Crippen LogP contribution in [0.2, 0.25) is 0 Å². The lowest BCUT2D eigenvalue weighted by molar-refractivity contribution is -0.138. The minimum absolute atomic E-state index is 0.0157. The molecule has 1 rings (SSSR count). The highest BCUT2D eigenvalue weighted by Gasteiger charge is 2.36. The molecule has 19 heavy (non-hydrogen) atoms. The van der Waals surface area contributed by atoms with Gasteiger partial charge in [-0.3, -0.25) is 0 Å². The highest BCUT2D eigenvalue weighted by molar-refractivity contribution is 5.93. The summed E-state index contributed by atoms with van der Waals surface area (Å²) in [6.45, 7) is 1.50. The molecule has 0 saturated carbocycles. The van der Waals surface area contributed by atoms with E-state index in [4.69, 9.17) is 0 Å². The Morgan fingerprint density at radius 1 is 1.37 bits per heavy atom. The summed E-state index contributed by atoms with van der Waals surface area (Å²) in [5, 5.41) is 0. The predicted octanol–water partition coefficient (Wildman–Crippen LogP) is 3.01. The molecular weight excluding hydrogens is 261 g/mol. The first-order chi connectivity index (χ1) is 8.91. The second kappa shape index (κ2) is 6.36. The first kappa shape index (κ1) is 15.2. The molecule has 0 heterocycles. The fourth-order valence-electron chi connectivity index (χ4n) is 1.70. The monoisotopic (exact) mass is 274 g/mol. The third-order valence-electron chi connectivity index (χ3n) is 2.47. The second-order valence-electron chi connectivity index (χ2n) is 3.76. The van der Waals surface area contributed by atoms with E-state index in [9.17, 15) is 22.8 Å². The molecule has 0 amide bonds. The standard InChI is InChI=1S/C13H13F3O3/c1-2-19-12(18)11-9(6-4-8-17)5-3-7-10(11)13(14,15)16/h3,5,7-8H,2,4,6H2,1H3. The highest BCUT2D eigenvalue weighted by Crippen LogP contribution is 2.34. The van der Waals surface area contributed by atoms with Crippen LogP contribution in [0.4, 0.5) is 13.2 Å². The summed E-state index contributed by atoms with van der Waals surface area (Å²) in [5.74, 6) is -1.02. The van der Waals surface area contributed by atoms with Gasteiger partial charge in [0.2, 0.25) is 0 Å². The largest absolute Gasteiger partial charge is 0.462 e. The molecule has 1 aromatic rings. The Morgan fingerprint density at radius 3 is 2.58 bits per heavy atom. The molecule has 0 saturated heterocycles. The molecular formula is C13H13F3O3. The van der Waals surface area contributed by atoms with Gasteiger partial charge in [-0.25, -0.2) is 4.79 Å². The number of hydrogen-bond acceptors (Lipinski definition) is 3. The molecule has 0 unspecified atom stereocenters. The molecule has 3 nitrogen and oxygen atoms in total. The Hall–Kier alpha value is -1.85. The highest BCUT2D eigenvalue weighted by atomic mass is 19.4. The predicted molar refractivity (Wildman–Crippen MR) is 61.8 cm³/mol. The Bertz CT molecular complexity index is 467. The summed E-state index contributed by atoms with van der Waals surface area (Å²) >= 11 is 0. The van der Waals surface area contributed by atoms with E-state index in [1.54, 1.807) is 0 Å². The van der Waals surface area contributed by atoms with Crippen molar-refractivity contribution in [2.45, 2.75) is 25.9 Å². The van der Waals surface area contributed by atoms with Gasteiger partial charge in [0.25, 0.3) is 0 Å². The van der Waals surface area contributed by atoms with Crippen molar-refractivity contribution < 1.29 is 27.5 Å². The van der Waals surface area contributed by atoms with Gasteiger partial charge in [0.05, 0.1) is 17.7 Å². The van der Waals surface area contributed by atoms with Crippen molar-refractivity contribution in [2.24, 2.45) is 0 Å². The van der Waals surface area contributed by atoms with Crippen LogP contribution in [0, 0.1) is 0 Å². The minimum Gasteiger partial charge on any atom is -0.462 e. The van der Waals surface area contributed by atoms with Crippen LogP contribution in [0.15, 0.2) is 18.2 Å². The van der Waals surface area contributed by atoms with Crippen LogP contribution in [-0.2, 0) is 22.1 Å². The quantitative estimate of drug-likeness (QED) is 0.612. The van der Waals surface area contributed by atoms with Crippen LogP contribution in [0.5, 0.6) is 0 Å². The van der Waals surface area contributed by atoms with E-state index in [1.165, 1.54) is 19.1 Å². The normalized spacial score (nSPS) is 11.2. The maximum Gasteiger partial charge on any atom is 0.417 e. The Balaban J connectivity index is 3.31. The van der Waals surface area contributed by atoms with Gasteiger partial charge in [-0.2, -0.15) is 13.2 Å². The lowest BCUT2D eigenvalue weighted by Crippen LogP contribution is -2.17. The average molecular weight is 274 g/mol. The number of aryl methyl sites for hydroxylation is 1. The number of rotatable bonds is 5. The molecule has 0 aliphatic rings. The lowest BCUT2D eigenvalue weighted by atomic mass is 9.97. The first-order valence-electron chi connectivity index (χ1n) is 5.71. The maximum absolute atomic E-state index is 12.9. The summed E-state index contributed by atoms with van der Waals surface area (Å²) < 4.78 is 43.3. The molecule has 1 aromatic carbocycles. The van der Waals surface area contributed by atoms with Gasteiger partial charge in [-0.05, 0) is 25.0 Å². The smallest absolute Gasteiger partial charge is 0.417 e. The number of ether oxygens (including phenoxy) is 1. The fraction of sp³-hybridized carbons (Fsp3) is 0.385. The summed E-state index contributed by atoms with van der Waals surface area (Å²) in [6.07, 6.45) is -3.93. The number of benzene rings is 1. The van der Waals surface area contributed by atoms with Crippen molar-refractivity contribution in [3.05, 3.63) is 34.9 Å². The zero-order chi connectivity index (χ0) is 14.5. The van der Waals surface area contributed by atoms with Gasteiger partial charge in [-0.1, -0.05) is 12.1 Å². The summed E-state index contributed by atoms with van der Waals surface area (Å²) in [4.78, 5) is 22.0. The Labute approximate surface area is 108 Å². The van der Waals surface area contributed by atoms with Crippen molar-refractivity contribution in [2.75, 3.05) is 6.61 Å². The molecule has 0 fully saturated rings. The summed E-state index contributed by atoms with van der Waals surface area (Å²) in [7, 11) is 0. The third kappa shape index (κ3) is 3.81. The lowest BCUT2D eigenvalue weighted by Gasteiger charge is -2.15. The van der Waals surface area contributed by atoms with Gasteiger partial charge >= 0.3 is 12.1 Å². The number of hydrogen-bond donors (Lipinski definition) is 0. The number of carbonyl (C=O) groups excluding carboxylic acids is 2. The van der Waals surface area contributed by atoms with Crippen LogP contribution in [0.3, 0.4) is 0 Å². The third-order valence-corrected chi connectivity index (χ3v) is 2.47. The zero-order valence-corrected chi connectivity index (χ0v) is 10.3. The van der Waals surface area contributed by atoms with E-state index < -0.39 is 23.3 Å². The zero-order valence-electron chi connectivity index (χ0n) is 10.3. The SMILES string of the molecule is CCOC(=O)c1c(CCC=O)cccc1C(F)(F)F. The Kier molecular flexibility index (Phi) is 5.09. The number of aldehydes is 1. The number of esters is 1. The second-order valence-corrected chi connectivity index (χ2v) is 3.76. The van der Waals surface area contributed by atoms with Gasteiger partial charge < -0.3 is 9.53 Å². The van der Waals surface area contributed by atoms with Crippen molar-refractivity contribution in [1.29, 1.82) is 0 Å². The van der Waals surface area contributed by atoms with Crippen molar-refractivity contribution in [1.82, 2.24) is 0 Å². The number of alkyl halides is 3. The van der Waals surface area contributed by atoms with E-state index in [0.29, 0.717) is 6.29 Å². The Morgan fingerprint density at radius 2 is 2.05 bits per heavy atom. The van der Waals surface area contributed by atoms with Gasteiger partial charge in [0.1, 0.15) is 6.29 Å². The van der Waals surface area contributed by atoms with Gasteiger partial charge in [-0.15, -0.1) is 0 Å².